The second-order valence-electron chi connectivity index (χ2n) is 11.2. The molecule has 0 heterocycles. The first-order valence-corrected chi connectivity index (χ1v) is 20.1. The number of hydrogen-bond donors (Lipinski definition) is 2. The van der Waals surface area contributed by atoms with Gasteiger partial charge in [-0.1, -0.05) is 0 Å². The summed E-state index contributed by atoms with van der Waals surface area (Å²) in [6.45, 7) is 13.3. The molecule has 0 fully saturated rings. The summed E-state index contributed by atoms with van der Waals surface area (Å²) in [7, 11) is 0. The fraction of sp³-hybridized carbons (Fsp3) is 0.643. The van der Waals surface area contributed by atoms with E-state index in [9.17, 15) is 28.8 Å². The summed E-state index contributed by atoms with van der Waals surface area (Å²) in [5, 5.41) is 4.65. The van der Waals surface area contributed by atoms with E-state index in [-0.39, 0.29) is 13.1 Å². The molecule has 2 amide bonds. The zero-order valence-electron chi connectivity index (χ0n) is 25.5. The molecule has 0 aliphatic carbocycles. The van der Waals surface area contributed by atoms with E-state index >= 15 is 0 Å². The van der Waals surface area contributed by atoms with E-state index in [1.807, 2.05) is 13.8 Å². The zero-order valence-corrected chi connectivity index (χ0v) is 28.4. The molecule has 0 saturated heterocycles. The Labute approximate surface area is 247 Å². The van der Waals surface area contributed by atoms with Gasteiger partial charge in [0.1, 0.15) is 0 Å². The van der Waals surface area contributed by atoms with Crippen LogP contribution in [0.4, 0.5) is 0 Å². The van der Waals surface area contributed by atoms with Crippen molar-refractivity contribution in [3.8, 4) is 0 Å². The molecule has 0 radical (unpaired) electrons. The van der Waals surface area contributed by atoms with Crippen molar-refractivity contribution in [2.45, 2.75) is 101 Å². The number of hydrogen-bond acceptors (Lipinski definition) is 10. The van der Waals surface area contributed by atoms with Gasteiger partial charge in [-0.3, -0.25) is 0 Å². The minimum absolute atomic E-state index is 0.374. The molecule has 0 saturated carbocycles. The predicted octanol–water partition coefficient (Wildman–Crippen LogP) is 3.14. The molecule has 0 spiro atoms. The zero-order chi connectivity index (χ0) is 31.7. The Hall–Kier alpha value is -2.90. The molecule has 0 aliphatic rings. The molecule has 0 aromatic rings. The molecule has 12 nitrogen and oxygen atoms in total. The summed E-state index contributed by atoms with van der Waals surface area (Å²) in [6, 6.07) is 0. The first-order chi connectivity index (χ1) is 18.9. The number of unbranched alkanes of at least 4 members (excludes halogenated alkanes) is 2. The van der Waals surface area contributed by atoms with Crippen LogP contribution in [-0.4, -0.2) is 79.2 Å². The van der Waals surface area contributed by atoms with Gasteiger partial charge in [-0.15, -0.1) is 0 Å². The van der Waals surface area contributed by atoms with E-state index in [1.54, 1.807) is 41.5 Å². The Morgan fingerprint density at radius 3 is 1.24 bits per heavy atom. The molecule has 0 aromatic carbocycles. The van der Waals surface area contributed by atoms with Gasteiger partial charge in [0.15, 0.2) is 0 Å². The van der Waals surface area contributed by atoms with Crippen LogP contribution in [0.15, 0.2) is 24.3 Å². The molecular weight excluding hydrogens is 643 g/mol. The third kappa shape index (κ3) is 20.6. The Morgan fingerprint density at radius 1 is 0.610 bits per heavy atom. The normalized spacial score (nSPS) is 12.1. The fourth-order valence-corrected chi connectivity index (χ4v) is 12.7. The van der Waals surface area contributed by atoms with Crippen molar-refractivity contribution >= 4 is 54.9 Å². The Balaban J connectivity index is 5.33. The van der Waals surface area contributed by atoms with Crippen LogP contribution in [0.3, 0.4) is 0 Å². The van der Waals surface area contributed by atoms with Crippen LogP contribution in [0.1, 0.15) is 81.1 Å². The van der Waals surface area contributed by atoms with Gasteiger partial charge in [-0.05, 0) is 0 Å². The van der Waals surface area contributed by atoms with Crippen LogP contribution in [0.5, 0.6) is 0 Å². The van der Waals surface area contributed by atoms with Gasteiger partial charge in [-0.25, -0.2) is 0 Å². The molecule has 0 atom stereocenters. The van der Waals surface area contributed by atoms with Crippen LogP contribution in [-0.2, 0) is 44.4 Å². The van der Waals surface area contributed by atoms with Gasteiger partial charge in [-0.2, -0.15) is 0 Å². The standard InChI is InChI=1S/2C10H15NO5.2C4H9.Sn/c2*1-10(2,3)16-9(15)6-11-7(12)4-5-8(13)14;2*1-3-4-2;/h2*4-5H,6H2,1-3H3,(H,11,12)(H,13,14);2*1,3-4H2,2H3;/q;;;;+2/p-2/b2*5-4+;;;. The van der Waals surface area contributed by atoms with Crippen molar-refractivity contribution in [2.75, 3.05) is 13.1 Å². The first kappa shape index (κ1) is 38.1. The van der Waals surface area contributed by atoms with E-state index in [0.29, 0.717) is 21.7 Å². The minimum atomic E-state index is -4.38. The molecule has 0 rings (SSSR count). The number of amides is 2. The Kier molecular flexibility index (Phi) is 17.2. The second kappa shape index (κ2) is 18.5. The van der Waals surface area contributed by atoms with Crippen molar-refractivity contribution in [2.24, 2.45) is 0 Å². The third-order valence-electron chi connectivity index (χ3n) is 4.79. The molecule has 0 aromatic heterocycles. The molecular formula is C28H46N2O10Sn. The fourth-order valence-electron chi connectivity index (χ4n) is 3.16. The summed E-state index contributed by atoms with van der Waals surface area (Å²) in [4.78, 5) is 73.0. The maximum atomic E-state index is 12.7. The summed E-state index contributed by atoms with van der Waals surface area (Å²) >= 11 is -4.38. The van der Waals surface area contributed by atoms with Crippen molar-refractivity contribution in [1.82, 2.24) is 10.6 Å². The molecule has 13 heteroatoms. The van der Waals surface area contributed by atoms with Crippen LogP contribution in [0.25, 0.3) is 0 Å². The number of carbonyl (C=O) groups is 6. The van der Waals surface area contributed by atoms with Gasteiger partial charge < -0.3 is 0 Å². The second-order valence-corrected chi connectivity index (χ2v) is 20.5. The van der Waals surface area contributed by atoms with Crippen molar-refractivity contribution in [3.63, 3.8) is 0 Å². The van der Waals surface area contributed by atoms with Gasteiger partial charge in [0.25, 0.3) is 0 Å². The number of ether oxygens (including phenoxy) is 2. The van der Waals surface area contributed by atoms with E-state index in [0.717, 1.165) is 37.1 Å². The number of carbonyl (C=O) groups excluding carboxylic acids is 6. The van der Waals surface area contributed by atoms with Crippen LogP contribution in [0, 0.1) is 0 Å². The average molecular weight is 689 g/mol. The molecule has 0 bridgehead atoms. The quantitative estimate of drug-likeness (QED) is 0.140. The van der Waals surface area contributed by atoms with Gasteiger partial charge in [0, 0.05) is 0 Å². The summed E-state index contributed by atoms with van der Waals surface area (Å²) in [5.74, 6) is -4.34. The summed E-state index contributed by atoms with van der Waals surface area (Å²) in [6.07, 6.45) is 6.54. The Morgan fingerprint density at radius 2 is 0.951 bits per heavy atom. The van der Waals surface area contributed by atoms with Crippen LogP contribution < -0.4 is 10.6 Å². The van der Waals surface area contributed by atoms with E-state index in [1.165, 1.54) is 0 Å². The molecule has 0 aliphatic heterocycles. The number of rotatable bonds is 16. The SMILES string of the molecule is CCC[CH2][Sn]([CH2]CCC)([O]C(=O)/C=C/C(=O)NCC(=O)OC(C)(C)C)[O]C(=O)/C=C/C(=O)NCC(=O)OC(C)(C)C. The van der Waals surface area contributed by atoms with E-state index < -0.39 is 66.1 Å². The molecule has 232 valence electrons. The van der Waals surface area contributed by atoms with Gasteiger partial charge in [0.2, 0.25) is 0 Å². The summed E-state index contributed by atoms with van der Waals surface area (Å²) in [5.41, 5.74) is -1.41. The van der Waals surface area contributed by atoms with Gasteiger partial charge in [0.05, 0.1) is 0 Å². The predicted molar refractivity (Wildman–Crippen MR) is 153 cm³/mol. The van der Waals surface area contributed by atoms with E-state index in [2.05, 4.69) is 10.6 Å². The summed E-state index contributed by atoms with van der Waals surface area (Å²) < 4.78 is 22.5. The number of esters is 2. The number of nitrogens with one attached hydrogen (secondary N) is 2. The van der Waals surface area contributed by atoms with E-state index in [4.69, 9.17) is 15.6 Å². The van der Waals surface area contributed by atoms with Crippen molar-refractivity contribution in [1.29, 1.82) is 0 Å². The molecule has 2 N–H and O–H groups in total. The first-order valence-electron chi connectivity index (χ1n) is 13.7. The maximum absolute atomic E-state index is 12.7. The van der Waals surface area contributed by atoms with Crippen LogP contribution >= 0.6 is 0 Å². The van der Waals surface area contributed by atoms with Crippen molar-refractivity contribution < 1.29 is 44.4 Å². The average Bonchev–Trinajstić information content (AvgIpc) is 2.83. The topological polar surface area (TPSA) is 163 Å². The third-order valence-corrected chi connectivity index (χ3v) is 14.4. The van der Waals surface area contributed by atoms with Crippen LogP contribution in [0.2, 0.25) is 8.87 Å². The molecule has 41 heavy (non-hydrogen) atoms. The Bertz CT molecular complexity index is 899. The monoisotopic (exact) mass is 690 g/mol. The van der Waals surface area contributed by atoms with Gasteiger partial charge >= 0.3 is 248 Å². The molecule has 0 unspecified atom stereocenters. The van der Waals surface area contributed by atoms with Crippen molar-refractivity contribution in [3.05, 3.63) is 24.3 Å².